The van der Waals surface area contributed by atoms with E-state index in [0.29, 0.717) is 11.6 Å². The molecular formula is C12H16ClNO2. The molecule has 0 amide bonds. The molecule has 4 heteroatoms. The number of carbonyl (C=O) groups is 1. The van der Waals surface area contributed by atoms with Crippen LogP contribution in [0.3, 0.4) is 0 Å². The Hall–Kier alpha value is -1.22. The lowest BCUT2D eigenvalue weighted by molar-refractivity contribution is -0.139. The maximum absolute atomic E-state index is 10.6. The Kier molecular flexibility index (Phi) is 4.19. The van der Waals surface area contributed by atoms with Crippen molar-refractivity contribution < 1.29 is 9.90 Å². The molecule has 0 aromatic heterocycles. The lowest BCUT2D eigenvalue weighted by Gasteiger charge is -2.23. The van der Waals surface area contributed by atoms with Crippen molar-refractivity contribution in [3.05, 3.63) is 29.3 Å². The predicted molar refractivity (Wildman–Crippen MR) is 66.0 cm³/mol. The lowest BCUT2D eigenvalue weighted by Crippen LogP contribution is -2.26. The molecule has 0 atom stereocenters. The number of anilines is 1. The molecule has 0 aliphatic rings. The van der Waals surface area contributed by atoms with Gasteiger partial charge >= 0.3 is 5.97 Å². The summed E-state index contributed by atoms with van der Waals surface area (Å²) in [5.74, 6) is -0.786. The van der Waals surface area contributed by atoms with E-state index in [0.717, 1.165) is 5.69 Å². The summed E-state index contributed by atoms with van der Waals surface area (Å²) in [5, 5.41) is 12.6. The highest BCUT2D eigenvalue weighted by molar-refractivity contribution is 6.33. The van der Waals surface area contributed by atoms with Crippen LogP contribution in [-0.2, 0) is 4.79 Å². The van der Waals surface area contributed by atoms with Crippen LogP contribution in [0.2, 0.25) is 5.02 Å². The first kappa shape index (κ1) is 12.8. The van der Waals surface area contributed by atoms with Crippen molar-refractivity contribution in [2.24, 2.45) is 5.41 Å². The fourth-order valence-corrected chi connectivity index (χ4v) is 1.61. The van der Waals surface area contributed by atoms with Crippen LogP contribution in [0.4, 0.5) is 5.69 Å². The summed E-state index contributed by atoms with van der Waals surface area (Å²) in [6, 6.07) is 7.42. The quantitative estimate of drug-likeness (QED) is 0.832. The van der Waals surface area contributed by atoms with Crippen molar-refractivity contribution in [3.8, 4) is 0 Å². The van der Waals surface area contributed by atoms with Gasteiger partial charge in [-0.2, -0.15) is 0 Å². The number of aliphatic carboxylic acids is 1. The van der Waals surface area contributed by atoms with Gasteiger partial charge in [-0.05, 0) is 17.5 Å². The molecule has 0 unspecified atom stereocenters. The zero-order valence-electron chi connectivity index (χ0n) is 9.46. The predicted octanol–water partition coefficient (Wildman–Crippen LogP) is 3.25. The summed E-state index contributed by atoms with van der Waals surface area (Å²) in [5.41, 5.74) is 0.535. The van der Waals surface area contributed by atoms with Crippen LogP contribution in [0.25, 0.3) is 0 Å². The summed E-state index contributed by atoms with van der Waals surface area (Å²) in [6.07, 6.45) is 0.129. The van der Waals surface area contributed by atoms with E-state index in [9.17, 15) is 4.79 Å². The average Bonchev–Trinajstić information content (AvgIpc) is 2.14. The van der Waals surface area contributed by atoms with Crippen LogP contribution < -0.4 is 5.32 Å². The van der Waals surface area contributed by atoms with Gasteiger partial charge in [0.05, 0.1) is 17.1 Å². The first-order valence-corrected chi connectivity index (χ1v) is 5.49. The smallest absolute Gasteiger partial charge is 0.303 e. The second-order valence-corrected chi connectivity index (χ2v) is 4.98. The van der Waals surface area contributed by atoms with Gasteiger partial charge in [0.25, 0.3) is 0 Å². The monoisotopic (exact) mass is 241 g/mol. The fraction of sp³-hybridized carbons (Fsp3) is 0.417. The van der Waals surface area contributed by atoms with Gasteiger partial charge in [0.2, 0.25) is 0 Å². The third-order valence-electron chi connectivity index (χ3n) is 2.26. The molecule has 0 aliphatic heterocycles. The highest BCUT2D eigenvalue weighted by Crippen LogP contribution is 2.25. The van der Waals surface area contributed by atoms with Crippen molar-refractivity contribution >= 4 is 23.3 Å². The normalized spacial score (nSPS) is 11.2. The first-order valence-electron chi connectivity index (χ1n) is 5.11. The van der Waals surface area contributed by atoms with Gasteiger partial charge in [0, 0.05) is 6.54 Å². The molecule has 0 radical (unpaired) electrons. The second kappa shape index (κ2) is 5.21. The Morgan fingerprint density at radius 3 is 2.62 bits per heavy atom. The van der Waals surface area contributed by atoms with E-state index in [1.165, 1.54) is 0 Å². The van der Waals surface area contributed by atoms with E-state index in [1.807, 2.05) is 32.0 Å². The van der Waals surface area contributed by atoms with E-state index in [4.69, 9.17) is 16.7 Å². The van der Waals surface area contributed by atoms with Gasteiger partial charge in [-0.1, -0.05) is 37.6 Å². The first-order chi connectivity index (χ1) is 7.41. The van der Waals surface area contributed by atoms with Crippen molar-refractivity contribution in [1.82, 2.24) is 0 Å². The van der Waals surface area contributed by atoms with E-state index in [-0.39, 0.29) is 11.8 Å². The van der Waals surface area contributed by atoms with Crippen LogP contribution in [0.1, 0.15) is 20.3 Å². The molecule has 88 valence electrons. The highest BCUT2D eigenvalue weighted by Gasteiger charge is 2.21. The largest absolute Gasteiger partial charge is 0.481 e. The molecule has 16 heavy (non-hydrogen) atoms. The van der Waals surface area contributed by atoms with Gasteiger partial charge in [-0.15, -0.1) is 0 Å². The van der Waals surface area contributed by atoms with Crippen LogP contribution in [0.15, 0.2) is 24.3 Å². The van der Waals surface area contributed by atoms with Crippen LogP contribution in [0, 0.1) is 5.41 Å². The number of nitrogens with one attached hydrogen (secondary N) is 1. The summed E-state index contributed by atoms with van der Waals surface area (Å²) < 4.78 is 0. The Bertz CT molecular complexity index is 377. The summed E-state index contributed by atoms with van der Waals surface area (Å²) >= 11 is 5.98. The number of carboxylic acids is 1. The van der Waals surface area contributed by atoms with Crippen molar-refractivity contribution in [3.63, 3.8) is 0 Å². The minimum absolute atomic E-state index is 0.129. The molecule has 1 aromatic carbocycles. The minimum Gasteiger partial charge on any atom is -0.481 e. The average molecular weight is 242 g/mol. The Morgan fingerprint density at radius 1 is 1.44 bits per heavy atom. The van der Waals surface area contributed by atoms with Gasteiger partial charge in [-0.25, -0.2) is 0 Å². The third kappa shape index (κ3) is 4.11. The van der Waals surface area contributed by atoms with Crippen molar-refractivity contribution in [2.75, 3.05) is 11.9 Å². The number of para-hydroxylation sites is 1. The molecule has 2 N–H and O–H groups in total. The van der Waals surface area contributed by atoms with Gasteiger partial charge in [-0.3, -0.25) is 4.79 Å². The number of hydrogen-bond acceptors (Lipinski definition) is 2. The maximum atomic E-state index is 10.6. The standard InChI is InChI=1S/C12H16ClNO2/c1-12(2,7-11(15)16)8-14-10-6-4-3-5-9(10)13/h3-6,14H,7-8H2,1-2H3,(H,15,16). The summed E-state index contributed by atoms with van der Waals surface area (Å²) in [4.78, 5) is 10.6. The van der Waals surface area contributed by atoms with Gasteiger partial charge < -0.3 is 10.4 Å². The summed E-state index contributed by atoms with van der Waals surface area (Å²) in [6.45, 7) is 4.39. The molecule has 0 aliphatic carbocycles. The third-order valence-corrected chi connectivity index (χ3v) is 2.59. The SMILES string of the molecule is CC(C)(CNc1ccccc1Cl)CC(=O)O. The van der Waals surface area contributed by atoms with E-state index < -0.39 is 5.97 Å². The lowest BCUT2D eigenvalue weighted by atomic mass is 9.89. The Morgan fingerprint density at radius 2 is 2.06 bits per heavy atom. The second-order valence-electron chi connectivity index (χ2n) is 4.57. The fourth-order valence-electron chi connectivity index (χ4n) is 1.41. The molecule has 0 heterocycles. The molecule has 1 rings (SSSR count). The summed E-state index contributed by atoms with van der Waals surface area (Å²) in [7, 11) is 0. The Balaban J connectivity index is 2.57. The number of benzene rings is 1. The van der Waals surface area contributed by atoms with Gasteiger partial charge in [0.1, 0.15) is 0 Å². The molecule has 3 nitrogen and oxygen atoms in total. The topological polar surface area (TPSA) is 49.3 Å². The molecular weight excluding hydrogens is 226 g/mol. The molecule has 0 bridgehead atoms. The van der Waals surface area contributed by atoms with Crippen LogP contribution >= 0.6 is 11.6 Å². The van der Waals surface area contributed by atoms with E-state index >= 15 is 0 Å². The Labute approximate surface area is 100 Å². The van der Waals surface area contributed by atoms with Crippen LogP contribution in [-0.4, -0.2) is 17.6 Å². The maximum Gasteiger partial charge on any atom is 0.303 e. The van der Waals surface area contributed by atoms with Crippen molar-refractivity contribution in [2.45, 2.75) is 20.3 Å². The van der Waals surface area contributed by atoms with Gasteiger partial charge in [0.15, 0.2) is 0 Å². The molecule has 0 fully saturated rings. The number of hydrogen-bond donors (Lipinski definition) is 2. The van der Waals surface area contributed by atoms with E-state index in [1.54, 1.807) is 6.07 Å². The van der Waals surface area contributed by atoms with Crippen molar-refractivity contribution in [1.29, 1.82) is 0 Å². The van der Waals surface area contributed by atoms with Crippen LogP contribution in [0.5, 0.6) is 0 Å². The number of halogens is 1. The molecule has 0 spiro atoms. The molecule has 0 saturated carbocycles. The zero-order chi connectivity index (χ0) is 12.2. The number of carboxylic acid groups (broad SMARTS) is 1. The van der Waals surface area contributed by atoms with E-state index in [2.05, 4.69) is 5.32 Å². The zero-order valence-corrected chi connectivity index (χ0v) is 10.2. The highest BCUT2D eigenvalue weighted by atomic mass is 35.5. The minimum atomic E-state index is -0.786. The number of rotatable bonds is 5. The molecule has 1 aromatic rings. The molecule has 0 saturated heterocycles.